The molecule has 3 aromatic carbocycles. The van der Waals surface area contributed by atoms with Crippen molar-refractivity contribution in [1.82, 2.24) is 4.90 Å². The van der Waals surface area contributed by atoms with Gasteiger partial charge in [0.25, 0.3) is 0 Å². The number of piperidine rings is 1. The maximum atomic E-state index is 13.1. The van der Waals surface area contributed by atoms with Crippen LogP contribution in [0.5, 0.6) is 0 Å². The second kappa shape index (κ2) is 10.3. The van der Waals surface area contributed by atoms with Gasteiger partial charge >= 0.3 is 0 Å². The second-order valence-electron chi connectivity index (χ2n) is 8.51. The summed E-state index contributed by atoms with van der Waals surface area (Å²) in [4.78, 5) is 14.8. The molecule has 2 nitrogen and oxygen atoms in total. The Morgan fingerprint density at radius 1 is 0.788 bits per heavy atom. The summed E-state index contributed by atoms with van der Waals surface area (Å²) in [7, 11) is 0. The minimum atomic E-state index is -0.310. The van der Waals surface area contributed by atoms with Crippen LogP contribution in [0.1, 0.15) is 51.9 Å². The molecular weight excluding hydrogens is 433 g/mol. The summed E-state index contributed by atoms with van der Waals surface area (Å²) in [6.07, 6.45) is 6.91. The standard InChI is InChI=1S/C29H26FNO.ClH/c30-25-13-11-23(12-14-25)28(32)17-20-31-18-15-24(16-19-31)29-26-7-3-1-5-21(26)9-10-22-6-2-4-8-27(22)29;/h1-14H,15-20H2;1H. The lowest BCUT2D eigenvalue weighted by Gasteiger charge is -2.30. The van der Waals surface area contributed by atoms with E-state index in [-0.39, 0.29) is 24.0 Å². The quantitative estimate of drug-likeness (QED) is 0.309. The number of rotatable bonds is 4. The molecule has 1 aliphatic heterocycles. The van der Waals surface area contributed by atoms with Crippen molar-refractivity contribution < 1.29 is 9.18 Å². The summed E-state index contributed by atoms with van der Waals surface area (Å²) in [5.74, 6) is -0.234. The first-order valence-electron chi connectivity index (χ1n) is 11.3. The van der Waals surface area contributed by atoms with Gasteiger partial charge in [-0.25, -0.2) is 4.39 Å². The van der Waals surface area contributed by atoms with Crippen LogP contribution in [0.15, 0.2) is 78.4 Å². The van der Waals surface area contributed by atoms with Crippen LogP contribution in [0.4, 0.5) is 4.39 Å². The van der Waals surface area contributed by atoms with Crippen LogP contribution < -0.4 is 0 Å². The SMILES string of the molecule is Cl.O=C(CCN1CCC(=C2c3ccccc3C=Cc3ccccc32)CC1)c1ccc(F)cc1. The Labute approximate surface area is 200 Å². The van der Waals surface area contributed by atoms with E-state index in [9.17, 15) is 9.18 Å². The summed E-state index contributed by atoms with van der Waals surface area (Å²) in [5.41, 5.74) is 8.60. The lowest BCUT2D eigenvalue weighted by Crippen LogP contribution is -2.33. The number of hydrogen-bond donors (Lipinski definition) is 0. The van der Waals surface area contributed by atoms with E-state index >= 15 is 0 Å². The highest BCUT2D eigenvalue weighted by molar-refractivity contribution is 5.96. The molecule has 0 aromatic heterocycles. The van der Waals surface area contributed by atoms with Crippen LogP contribution in [0.2, 0.25) is 0 Å². The third-order valence-electron chi connectivity index (χ3n) is 6.54. The Morgan fingerprint density at radius 2 is 1.33 bits per heavy atom. The Hall–Kier alpha value is -3.01. The van der Waals surface area contributed by atoms with Crippen molar-refractivity contribution in [3.63, 3.8) is 0 Å². The topological polar surface area (TPSA) is 20.3 Å². The zero-order valence-corrected chi connectivity index (χ0v) is 19.3. The number of ketones is 1. The normalized spacial score (nSPS) is 15.3. The van der Waals surface area contributed by atoms with Crippen LogP contribution >= 0.6 is 12.4 Å². The molecule has 0 atom stereocenters. The Bertz CT molecular complexity index is 1150. The fourth-order valence-corrected chi connectivity index (χ4v) is 4.78. The number of halogens is 2. The Morgan fingerprint density at radius 3 is 1.91 bits per heavy atom. The lowest BCUT2D eigenvalue weighted by molar-refractivity contribution is 0.0962. The molecule has 0 bridgehead atoms. The van der Waals surface area contributed by atoms with Crippen LogP contribution in [0.25, 0.3) is 17.7 Å². The van der Waals surface area contributed by atoms with Crippen molar-refractivity contribution in [2.24, 2.45) is 0 Å². The molecule has 0 saturated carbocycles. The first kappa shape index (κ1) is 23.2. The highest BCUT2D eigenvalue weighted by Gasteiger charge is 2.22. The number of likely N-dealkylation sites (tertiary alicyclic amines) is 1. The molecule has 1 saturated heterocycles. The van der Waals surface area contributed by atoms with Gasteiger partial charge in [0.15, 0.2) is 5.78 Å². The number of hydrogen-bond acceptors (Lipinski definition) is 2. The van der Waals surface area contributed by atoms with Gasteiger partial charge in [-0.3, -0.25) is 4.79 Å². The van der Waals surface area contributed by atoms with E-state index in [0.29, 0.717) is 12.0 Å². The molecule has 0 amide bonds. The monoisotopic (exact) mass is 459 g/mol. The maximum absolute atomic E-state index is 13.1. The molecular formula is C29H27ClFNO. The fourth-order valence-electron chi connectivity index (χ4n) is 4.78. The molecule has 33 heavy (non-hydrogen) atoms. The van der Waals surface area contributed by atoms with E-state index in [0.717, 1.165) is 32.5 Å². The van der Waals surface area contributed by atoms with E-state index in [1.54, 1.807) is 12.1 Å². The molecule has 3 aromatic rings. The molecule has 0 radical (unpaired) electrons. The summed E-state index contributed by atoms with van der Waals surface area (Å²) >= 11 is 0. The number of nitrogens with zero attached hydrogens (tertiary/aromatic N) is 1. The average Bonchev–Trinajstić information content (AvgIpc) is 3.00. The van der Waals surface area contributed by atoms with E-state index in [1.807, 2.05) is 0 Å². The molecule has 0 unspecified atom stereocenters. The third kappa shape index (κ3) is 5.00. The van der Waals surface area contributed by atoms with Crippen LogP contribution in [-0.4, -0.2) is 30.3 Å². The van der Waals surface area contributed by atoms with Crippen molar-refractivity contribution in [2.45, 2.75) is 19.3 Å². The molecule has 4 heteroatoms. The molecule has 1 aliphatic carbocycles. The predicted octanol–water partition coefficient (Wildman–Crippen LogP) is 6.90. The van der Waals surface area contributed by atoms with Crippen molar-refractivity contribution in [1.29, 1.82) is 0 Å². The van der Waals surface area contributed by atoms with Crippen LogP contribution in [-0.2, 0) is 0 Å². The molecule has 0 N–H and O–H groups in total. The Balaban J connectivity index is 0.00000259. The van der Waals surface area contributed by atoms with Gasteiger partial charge in [-0.1, -0.05) is 66.3 Å². The summed E-state index contributed by atoms with van der Waals surface area (Å²) in [5, 5.41) is 0. The van der Waals surface area contributed by atoms with Gasteiger partial charge in [-0.05, 0) is 64.9 Å². The van der Waals surface area contributed by atoms with Crippen molar-refractivity contribution in [3.8, 4) is 0 Å². The predicted molar refractivity (Wildman–Crippen MR) is 136 cm³/mol. The number of fused-ring (bicyclic) bond motifs is 2. The highest BCUT2D eigenvalue weighted by atomic mass is 35.5. The second-order valence-corrected chi connectivity index (χ2v) is 8.51. The van der Waals surface area contributed by atoms with Crippen molar-refractivity contribution in [2.75, 3.05) is 19.6 Å². The molecule has 2 aliphatic rings. The number of Topliss-reactive ketones (excluding diaryl/α,β-unsaturated/α-hetero) is 1. The summed E-state index contributed by atoms with van der Waals surface area (Å²) in [6.45, 7) is 2.65. The number of carbonyl (C=O) groups is 1. The number of carbonyl (C=O) groups excluding carboxylic acids is 1. The van der Waals surface area contributed by atoms with E-state index in [2.05, 4.69) is 65.6 Å². The third-order valence-corrected chi connectivity index (χ3v) is 6.54. The maximum Gasteiger partial charge on any atom is 0.164 e. The first-order chi connectivity index (χ1) is 15.7. The van der Waals surface area contributed by atoms with Crippen LogP contribution in [0, 0.1) is 5.82 Å². The van der Waals surface area contributed by atoms with Gasteiger partial charge in [0.05, 0.1) is 0 Å². The minimum Gasteiger partial charge on any atom is -0.302 e. The average molecular weight is 460 g/mol. The molecule has 1 heterocycles. The first-order valence-corrected chi connectivity index (χ1v) is 11.3. The molecule has 5 rings (SSSR count). The van der Waals surface area contributed by atoms with Gasteiger partial charge in [0.2, 0.25) is 0 Å². The van der Waals surface area contributed by atoms with Gasteiger partial charge in [-0.2, -0.15) is 0 Å². The largest absolute Gasteiger partial charge is 0.302 e. The molecule has 168 valence electrons. The smallest absolute Gasteiger partial charge is 0.164 e. The molecule has 0 spiro atoms. The zero-order valence-electron chi connectivity index (χ0n) is 18.5. The van der Waals surface area contributed by atoms with Crippen molar-refractivity contribution in [3.05, 3.63) is 112 Å². The number of benzene rings is 3. The van der Waals surface area contributed by atoms with E-state index in [1.165, 1.54) is 45.5 Å². The van der Waals surface area contributed by atoms with E-state index < -0.39 is 0 Å². The highest BCUT2D eigenvalue weighted by Crippen LogP contribution is 2.38. The van der Waals surface area contributed by atoms with Gasteiger partial charge in [-0.15, -0.1) is 12.4 Å². The molecule has 1 fully saturated rings. The van der Waals surface area contributed by atoms with Gasteiger partial charge in [0, 0.05) is 31.6 Å². The van der Waals surface area contributed by atoms with Gasteiger partial charge < -0.3 is 4.90 Å². The minimum absolute atomic E-state index is 0. The van der Waals surface area contributed by atoms with Gasteiger partial charge in [0.1, 0.15) is 5.82 Å². The zero-order chi connectivity index (χ0) is 21.9. The van der Waals surface area contributed by atoms with Crippen molar-refractivity contribution >= 4 is 35.9 Å². The lowest BCUT2D eigenvalue weighted by atomic mass is 9.86. The van der Waals surface area contributed by atoms with E-state index in [4.69, 9.17) is 0 Å². The fraction of sp³-hybridized carbons (Fsp3) is 0.207. The Kier molecular flexibility index (Phi) is 7.22. The summed E-state index contributed by atoms with van der Waals surface area (Å²) < 4.78 is 13.1. The van der Waals surface area contributed by atoms with Crippen LogP contribution in [0.3, 0.4) is 0 Å². The summed E-state index contributed by atoms with van der Waals surface area (Å²) in [6, 6.07) is 23.1.